The Balaban J connectivity index is 1.47. The van der Waals surface area contributed by atoms with E-state index in [1.165, 1.54) is 0 Å². The van der Waals surface area contributed by atoms with E-state index in [0.29, 0.717) is 30.8 Å². The monoisotopic (exact) mass is 412 g/mol. The van der Waals surface area contributed by atoms with Gasteiger partial charge < -0.3 is 24.2 Å². The Bertz CT molecular complexity index is 912. The first-order chi connectivity index (χ1) is 14.3. The van der Waals surface area contributed by atoms with Gasteiger partial charge in [0.05, 0.1) is 17.8 Å². The minimum atomic E-state index is -0.918. The molecule has 0 unspecified atom stereocenters. The van der Waals surface area contributed by atoms with Crippen LogP contribution >= 0.6 is 0 Å². The Hall–Kier alpha value is -2.48. The molecule has 2 atom stereocenters. The molecule has 2 aliphatic heterocycles. The summed E-state index contributed by atoms with van der Waals surface area (Å²) in [6.07, 6.45) is 2.14. The number of pyridine rings is 1. The third kappa shape index (κ3) is 4.05. The van der Waals surface area contributed by atoms with Crippen molar-refractivity contribution in [3.05, 3.63) is 59.4 Å². The van der Waals surface area contributed by atoms with E-state index in [0.717, 1.165) is 11.3 Å². The molecule has 4 rings (SSSR count). The molecule has 2 saturated heterocycles. The average molecular weight is 412 g/mol. The first-order valence-corrected chi connectivity index (χ1v) is 10.2. The maximum absolute atomic E-state index is 13.1. The van der Waals surface area contributed by atoms with Crippen LogP contribution in [0.15, 0.2) is 42.6 Å². The van der Waals surface area contributed by atoms with Crippen LogP contribution in [0.25, 0.3) is 0 Å². The van der Waals surface area contributed by atoms with Crippen LogP contribution in [0.2, 0.25) is 0 Å². The SMILES string of the molecule is Cc1cc(C(=O)N2CC[C@]3(c4ccccn4)OCO[C@@H]3C2)ccc1OCC(C)(C)O. The van der Waals surface area contributed by atoms with E-state index in [1.807, 2.05) is 36.1 Å². The lowest BCUT2D eigenvalue weighted by Gasteiger charge is -2.41. The van der Waals surface area contributed by atoms with E-state index in [9.17, 15) is 9.90 Å². The van der Waals surface area contributed by atoms with E-state index < -0.39 is 11.2 Å². The summed E-state index contributed by atoms with van der Waals surface area (Å²) in [7, 11) is 0. The highest BCUT2D eigenvalue weighted by atomic mass is 16.7. The van der Waals surface area contributed by atoms with E-state index in [4.69, 9.17) is 14.2 Å². The summed E-state index contributed by atoms with van der Waals surface area (Å²) in [5, 5.41) is 9.85. The van der Waals surface area contributed by atoms with Crippen LogP contribution in [0.4, 0.5) is 0 Å². The molecule has 3 heterocycles. The number of ether oxygens (including phenoxy) is 3. The number of nitrogens with zero attached hydrogens (tertiary/aromatic N) is 2. The van der Waals surface area contributed by atoms with Crippen molar-refractivity contribution in [2.45, 2.75) is 44.5 Å². The van der Waals surface area contributed by atoms with Gasteiger partial charge in [-0.15, -0.1) is 0 Å². The second-order valence-corrected chi connectivity index (χ2v) is 8.60. The fourth-order valence-corrected chi connectivity index (χ4v) is 4.02. The van der Waals surface area contributed by atoms with E-state index >= 15 is 0 Å². The molecule has 0 bridgehead atoms. The van der Waals surface area contributed by atoms with Gasteiger partial charge in [-0.05, 0) is 56.7 Å². The fourth-order valence-electron chi connectivity index (χ4n) is 4.02. The van der Waals surface area contributed by atoms with Crippen molar-refractivity contribution in [3.63, 3.8) is 0 Å². The molecule has 2 fully saturated rings. The zero-order chi connectivity index (χ0) is 21.4. The minimum Gasteiger partial charge on any atom is -0.490 e. The maximum Gasteiger partial charge on any atom is 0.253 e. The highest BCUT2D eigenvalue weighted by Crippen LogP contribution is 2.41. The van der Waals surface area contributed by atoms with Crippen molar-refractivity contribution in [2.24, 2.45) is 0 Å². The van der Waals surface area contributed by atoms with Crippen LogP contribution < -0.4 is 4.74 Å². The topological polar surface area (TPSA) is 81.1 Å². The number of aliphatic hydroxyl groups is 1. The fraction of sp³-hybridized carbons (Fsp3) is 0.478. The van der Waals surface area contributed by atoms with Crippen molar-refractivity contribution < 1.29 is 24.1 Å². The first-order valence-electron chi connectivity index (χ1n) is 10.2. The summed E-state index contributed by atoms with van der Waals surface area (Å²) in [6, 6.07) is 11.1. The lowest BCUT2D eigenvalue weighted by atomic mass is 9.85. The quantitative estimate of drug-likeness (QED) is 0.813. The van der Waals surface area contributed by atoms with Gasteiger partial charge >= 0.3 is 0 Å². The lowest BCUT2D eigenvalue weighted by molar-refractivity contribution is -0.0470. The van der Waals surface area contributed by atoms with Crippen LogP contribution in [-0.4, -0.2) is 59.1 Å². The third-order valence-corrected chi connectivity index (χ3v) is 5.63. The largest absolute Gasteiger partial charge is 0.490 e. The second-order valence-electron chi connectivity index (χ2n) is 8.60. The number of piperidine rings is 1. The minimum absolute atomic E-state index is 0.0442. The molecule has 160 valence electrons. The molecule has 2 aliphatic rings. The summed E-state index contributed by atoms with van der Waals surface area (Å²) in [5.74, 6) is 0.617. The summed E-state index contributed by atoms with van der Waals surface area (Å²) in [5.41, 5.74) is 0.794. The number of likely N-dealkylation sites (tertiary alicyclic amines) is 1. The van der Waals surface area contributed by atoms with Gasteiger partial charge in [-0.25, -0.2) is 0 Å². The van der Waals surface area contributed by atoms with Crippen molar-refractivity contribution in [2.75, 3.05) is 26.5 Å². The van der Waals surface area contributed by atoms with Crippen molar-refractivity contribution >= 4 is 5.91 Å². The molecule has 30 heavy (non-hydrogen) atoms. The van der Waals surface area contributed by atoms with Crippen molar-refractivity contribution in [1.29, 1.82) is 0 Å². The summed E-state index contributed by atoms with van der Waals surface area (Å²) in [6.45, 7) is 6.67. The Morgan fingerprint density at radius 1 is 1.37 bits per heavy atom. The van der Waals surface area contributed by atoms with Crippen molar-refractivity contribution in [3.8, 4) is 5.75 Å². The zero-order valence-electron chi connectivity index (χ0n) is 17.6. The molecule has 2 aromatic rings. The van der Waals surface area contributed by atoms with E-state index in [2.05, 4.69) is 4.98 Å². The highest BCUT2D eigenvalue weighted by molar-refractivity contribution is 5.94. The number of benzene rings is 1. The van der Waals surface area contributed by atoms with E-state index in [-0.39, 0.29) is 25.4 Å². The molecule has 7 nitrogen and oxygen atoms in total. The normalized spacial score (nSPS) is 23.9. The van der Waals surface area contributed by atoms with Gasteiger partial charge in [0, 0.05) is 24.7 Å². The molecule has 1 N–H and O–H groups in total. The molecule has 0 saturated carbocycles. The van der Waals surface area contributed by atoms with Gasteiger partial charge in [-0.3, -0.25) is 9.78 Å². The second kappa shape index (κ2) is 7.98. The van der Waals surface area contributed by atoms with Gasteiger partial charge in [0.15, 0.2) is 0 Å². The number of rotatable bonds is 5. The predicted molar refractivity (Wildman–Crippen MR) is 110 cm³/mol. The van der Waals surface area contributed by atoms with Gasteiger partial charge in [0.2, 0.25) is 0 Å². The number of aryl methyl sites for hydroxylation is 1. The number of amides is 1. The van der Waals surface area contributed by atoms with Crippen LogP contribution in [-0.2, 0) is 15.1 Å². The Labute approximate surface area is 176 Å². The Morgan fingerprint density at radius 3 is 2.90 bits per heavy atom. The maximum atomic E-state index is 13.1. The zero-order valence-corrected chi connectivity index (χ0v) is 17.6. The summed E-state index contributed by atoms with van der Waals surface area (Å²) < 4.78 is 17.5. The Kier molecular flexibility index (Phi) is 5.53. The van der Waals surface area contributed by atoms with Gasteiger partial charge in [-0.1, -0.05) is 6.07 Å². The molecular formula is C23H28N2O5. The summed E-state index contributed by atoms with van der Waals surface area (Å²) in [4.78, 5) is 19.4. The molecule has 0 aliphatic carbocycles. The number of carbonyl (C=O) groups excluding carboxylic acids is 1. The molecule has 1 amide bonds. The average Bonchev–Trinajstić information content (AvgIpc) is 3.16. The standard InChI is InChI=1S/C23H28N2O5/c1-16-12-17(7-8-18(16)28-14-22(2,3)27)21(26)25-11-9-23(19-6-4-5-10-24-19)20(13-25)29-15-30-23/h4-8,10,12,20,27H,9,11,13-15H2,1-3H3/t20-,23-/m1/s1. The number of carbonyl (C=O) groups is 1. The smallest absolute Gasteiger partial charge is 0.253 e. The van der Waals surface area contributed by atoms with Crippen LogP contribution in [0.5, 0.6) is 5.75 Å². The highest BCUT2D eigenvalue weighted by Gasteiger charge is 2.52. The molecule has 7 heteroatoms. The summed E-state index contributed by atoms with van der Waals surface area (Å²) >= 11 is 0. The molecule has 1 aromatic heterocycles. The van der Waals surface area contributed by atoms with Crippen LogP contribution in [0.3, 0.4) is 0 Å². The number of hydrogen-bond donors (Lipinski definition) is 1. The Morgan fingerprint density at radius 2 is 2.20 bits per heavy atom. The predicted octanol–water partition coefficient (Wildman–Crippen LogP) is 2.65. The third-order valence-electron chi connectivity index (χ3n) is 5.63. The molecule has 1 aromatic carbocycles. The molecule has 0 spiro atoms. The van der Waals surface area contributed by atoms with Crippen molar-refractivity contribution in [1.82, 2.24) is 9.88 Å². The number of hydrogen-bond acceptors (Lipinski definition) is 6. The van der Waals surface area contributed by atoms with Crippen LogP contribution in [0, 0.1) is 6.92 Å². The number of fused-ring (bicyclic) bond motifs is 1. The lowest BCUT2D eigenvalue weighted by Crippen LogP contribution is -2.53. The first kappa shape index (κ1) is 20.8. The van der Waals surface area contributed by atoms with Gasteiger partial charge in [0.1, 0.15) is 30.9 Å². The van der Waals surface area contributed by atoms with Gasteiger partial charge in [0.25, 0.3) is 5.91 Å². The molecule has 0 radical (unpaired) electrons. The molecular weight excluding hydrogens is 384 g/mol. The van der Waals surface area contributed by atoms with Crippen LogP contribution in [0.1, 0.15) is 41.9 Å². The van der Waals surface area contributed by atoms with E-state index in [1.54, 1.807) is 32.2 Å². The number of aromatic nitrogens is 1. The van der Waals surface area contributed by atoms with Gasteiger partial charge in [-0.2, -0.15) is 0 Å².